The van der Waals surface area contributed by atoms with Gasteiger partial charge in [0.15, 0.2) is 0 Å². The first-order valence-electron chi connectivity index (χ1n) is 4.15. The maximum atomic E-state index is 4.16. The van der Waals surface area contributed by atoms with E-state index in [-0.39, 0.29) is 0 Å². The third-order valence-electron chi connectivity index (χ3n) is 1.69. The van der Waals surface area contributed by atoms with Gasteiger partial charge in [0.1, 0.15) is 0 Å². The molecule has 65 valence electrons. The van der Waals surface area contributed by atoms with Gasteiger partial charge in [0.25, 0.3) is 0 Å². The van der Waals surface area contributed by atoms with Gasteiger partial charge in [0.05, 0.1) is 6.54 Å². The maximum absolute atomic E-state index is 4.16. The molecule has 0 spiro atoms. The lowest BCUT2D eigenvalue weighted by Crippen LogP contribution is -1.98. The molecule has 0 aliphatic heterocycles. The zero-order chi connectivity index (χ0) is 9.10. The Balaban J connectivity index is 2.36. The van der Waals surface area contributed by atoms with Crippen molar-refractivity contribution in [3.8, 4) is 11.4 Å². The van der Waals surface area contributed by atoms with Crippen LogP contribution < -0.4 is 0 Å². The van der Waals surface area contributed by atoms with Crippen molar-refractivity contribution in [3.05, 3.63) is 30.3 Å². The fraction of sp³-hybridized carbons (Fsp3) is 0.222. The minimum Gasteiger partial charge on any atom is -0.164 e. The predicted octanol–water partition coefficient (Wildman–Crippen LogP) is 1.16. The van der Waals surface area contributed by atoms with Crippen LogP contribution in [0.15, 0.2) is 24.3 Å². The minimum absolute atomic E-state index is 0.627. The summed E-state index contributed by atoms with van der Waals surface area (Å²) in [5.41, 5.74) is 0.877. The molecular formula is C9H9N4. The van der Waals surface area contributed by atoms with Crippen molar-refractivity contribution in [1.82, 2.24) is 20.2 Å². The summed E-state index contributed by atoms with van der Waals surface area (Å²) in [6, 6.07) is 10.6. The molecule has 0 saturated carbocycles. The molecule has 1 heterocycles. The second kappa shape index (κ2) is 3.35. The van der Waals surface area contributed by atoms with Crippen LogP contribution in [0.2, 0.25) is 0 Å². The Kier molecular flexibility index (Phi) is 2.04. The van der Waals surface area contributed by atoms with E-state index in [0.29, 0.717) is 5.82 Å². The lowest BCUT2D eigenvalue weighted by atomic mass is 10.2. The molecule has 0 atom stereocenters. The molecule has 0 aliphatic rings. The van der Waals surface area contributed by atoms with E-state index in [2.05, 4.69) is 21.5 Å². The van der Waals surface area contributed by atoms with E-state index >= 15 is 0 Å². The Morgan fingerprint density at radius 2 is 2.38 bits per heavy atom. The van der Waals surface area contributed by atoms with Crippen LogP contribution in [0.1, 0.15) is 6.92 Å². The van der Waals surface area contributed by atoms with Crippen molar-refractivity contribution >= 4 is 0 Å². The van der Waals surface area contributed by atoms with Crippen LogP contribution in [0.25, 0.3) is 11.4 Å². The van der Waals surface area contributed by atoms with Crippen molar-refractivity contribution in [3.63, 3.8) is 0 Å². The summed E-state index contributed by atoms with van der Waals surface area (Å²) in [6.45, 7) is 2.71. The van der Waals surface area contributed by atoms with Crippen LogP contribution >= 0.6 is 0 Å². The number of benzene rings is 1. The molecule has 1 aromatic heterocycles. The van der Waals surface area contributed by atoms with Crippen molar-refractivity contribution < 1.29 is 0 Å². The molecule has 13 heavy (non-hydrogen) atoms. The second-order valence-electron chi connectivity index (χ2n) is 2.58. The van der Waals surface area contributed by atoms with Crippen LogP contribution in [-0.2, 0) is 6.54 Å². The topological polar surface area (TPSA) is 43.6 Å². The fourth-order valence-electron chi connectivity index (χ4n) is 1.02. The van der Waals surface area contributed by atoms with Crippen molar-refractivity contribution in [2.24, 2.45) is 0 Å². The third kappa shape index (κ3) is 1.56. The number of nitrogens with zero attached hydrogens (tertiary/aromatic N) is 4. The van der Waals surface area contributed by atoms with Gasteiger partial charge >= 0.3 is 0 Å². The Morgan fingerprint density at radius 1 is 1.46 bits per heavy atom. The largest absolute Gasteiger partial charge is 0.205 e. The monoisotopic (exact) mass is 173 g/mol. The van der Waals surface area contributed by atoms with E-state index in [1.807, 2.05) is 31.2 Å². The zero-order valence-electron chi connectivity index (χ0n) is 7.31. The third-order valence-corrected chi connectivity index (χ3v) is 1.69. The average Bonchev–Trinajstić information content (AvgIpc) is 2.67. The molecule has 4 heteroatoms. The van der Waals surface area contributed by atoms with Crippen molar-refractivity contribution in [2.75, 3.05) is 0 Å². The molecule has 0 saturated heterocycles. The molecule has 2 rings (SSSR count). The summed E-state index contributed by atoms with van der Waals surface area (Å²) >= 11 is 0. The standard InChI is InChI=1S/C9H9N4/c1-2-13-11-9(10-12-13)8-6-4-3-5-7-8/h3-6H,2H2,1H3. The Labute approximate surface area is 76.2 Å². The second-order valence-corrected chi connectivity index (χ2v) is 2.58. The van der Waals surface area contributed by atoms with Gasteiger partial charge < -0.3 is 0 Å². The highest BCUT2D eigenvalue weighted by Crippen LogP contribution is 2.10. The van der Waals surface area contributed by atoms with E-state index in [4.69, 9.17) is 0 Å². The highest BCUT2D eigenvalue weighted by Gasteiger charge is 2.02. The number of hydrogen-bond acceptors (Lipinski definition) is 3. The molecular weight excluding hydrogens is 164 g/mol. The Hall–Kier alpha value is -1.71. The maximum Gasteiger partial charge on any atom is 0.205 e. The molecule has 0 amide bonds. The van der Waals surface area contributed by atoms with Gasteiger partial charge in [-0.05, 0) is 18.2 Å². The molecule has 4 nitrogen and oxygen atoms in total. The SMILES string of the molecule is CCn1nnc(-c2[c]cccc2)n1. The minimum atomic E-state index is 0.627. The lowest BCUT2D eigenvalue weighted by molar-refractivity contribution is 0.553. The van der Waals surface area contributed by atoms with Gasteiger partial charge in [0, 0.05) is 5.56 Å². The quantitative estimate of drug-likeness (QED) is 0.684. The van der Waals surface area contributed by atoms with Crippen LogP contribution in [0.3, 0.4) is 0 Å². The Bertz CT molecular complexity index is 380. The first-order chi connectivity index (χ1) is 6.40. The van der Waals surface area contributed by atoms with Gasteiger partial charge in [-0.3, -0.25) is 0 Å². The normalized spacial score (nSPS) is 10.2. The van der Waals surface area contributed by atoms with E-state index in [1.54, 1.807) is 4.80 Å². The number of aromatic nitrogens is 4. The summed E-state index contributed by atoms with van der Waals surface area (Å²) in [5.74, 6) is 0.627. The predicted molar refractivity (Wildman–Crippen MR) is 47.8 cm³/mol. The van der Waals surface area contributed by atoms with Gasteiger partial charge in [-0.1, -0.05) is 24.3 Å². The van der Waals surface area contributed by atoms with Crippen molar-refractivity contribution in [2.45, 2.75) is 13.5 Å². The highest BCUT2D eigenvalue weighted by atomic mass is 15.6. The van der Waals surface area contributed by atoms with Crippen molar-refractivity contribution in [1.29, 1.82) is 0 Å². The number of rotatable bonds is 2. The first kappa shape index (κ1) is 7.91. The van der Waals surface area contributed by atoms with Gasteiger partial charge in [-0.15, -0.1) is 10.2 Å². The number of tetrazole rings is 1. The molecule has 1 radical (unpaired) electrons. The van der Waals surface area contributed by atoms with E-state index in [9.17, 15) is 0 Å². The number of hydrogen-bond donors (Lipinski definition) is 0. The summed E-state index contributed by atoms with van der Waals surface area (Å²) in [5, 5.41) is 11.9. The molecule has 1 aromatic carbocycles. The molecule has 0 unspecified atom stereocenters. The average molecular weight is 173 g/mol. The number of aryl methyl sites for hydroxylation is 1. The van der Waals surface area contributed by atoms with Gasteiger partial charge in [-0.2, -0.15) is 4.80 Å². The molecule has 0 bridgehead atoms. The molecule has 0 N–H and O–H groups in total. The van der Waals surface area contributed by atoms with E-state index in [0.717, 1.165) is 12.1 Å². The smallest absolute Gasteiger partial charge is 0.164 e. The van der Waals surface area contributed by atoms with E-state index < -0.39 is 0 Å². The molecule has 2 aromatic rings. The summed E-state index contributed by atoms with van der Waals surface area (Å²) in [6.07, 6.45) is 0. The highest BCUT2D eigenvalue weighted by molar-refractivity contribution is 5.51. The lowest BCUT2D eigenvalue weighted by Gasteiger charge is -1.90. The summed E-state index contributed by atoms with van der Waals surface area (Å²) in [7, 11) is 0. The van der Waals surface area contributed by atoms with Crippen LogP contribution in [0.5, 0.6) is 0 Å². The fourth-order valence-corrected chi connectivity index (χ4v) is 1.02. The summed E-state index contributed by atoms with van der Waals surface area (Å²) in [4.78, 5) is 1.55. The van der Waals surface area contributed by atoms with E-state index in [1.165, 1.54) is 0 Å². The van der Waals surface area contributed by atoms with Crippen LogP contribution in [0.4, 0.5) is 0 Å². The first-order valence-corrected chi connectivity index (χ1v) is 4.15. The zero-order valence-corrected chi connectivity index (χ0v) is 7.31. The van der Waals surface area contributed by atoms with Gasteiger partial charge in [-0.25, -0.2) is 0 Å². The molecule has 0 aliphatic carbocycles. The Morgan fingerprint density at radius 3 is 3.00 bits per heavy atom. The summed E-state index contributed by atoms with van der Waals surface area (Å²) < 4.78 is 0. The van der Waals surface area contributed by atoms with Gasteiger partial charge in [0.2, 0.25) is 5.82 Å². The van der Waals surface area contributed by atoms with Crippen LogP contribution in [-0.4, -0.2) is 20.2 Å². The van der Waals surface area contributed by atoms with Crippen LogP contribution in [0, 0.1) is 6.07 Å². The molecule has 0 fully saturated rings.